The Morgan fingerprint density at radius 2 is 1.97 bits per heavy atom. The molecule has 11 heteroatoms. The number of rotatable bonds is 5. The predicted molar refractivity (Wildman–Crippen MR) is 126 cm³/mol. The smallest absolute Gasteiger partial charge is 0.414 e. The summed E-state index contributed by atoms with van der Waals surface area (Å²) in [5.74, 6) is -0.960. The average Bonchev–Trinajstić information content (AvgIpc) is 3.08. The van der Waals surface area contributed by atoms with E-state index in [1.165, 1.54) is 29.5 Å². The summed E-state index contributed by atoms with van der Waals surface area (Å²) in [4.78, 5) is 29.6. The molecule has 1 aliphatic heterocycles. The number of ether oxygens (including phenoxy) is 1. The highest BCUT2D eigenvalue weighted by Gasteiger charge is 2.48. The molecular weight excluding hydrogens is 477 g/mol. The van der Waals surface area contributed by atoms with E-state index >= 15 is 0 Å². The first kappa shape index (κ1) is 25.7. The second-order valence-electron chi connectivity index (χ2n) is 9.73. The Morgan fingerprint density at radius 3 is 2.58 bits per heavy atom. The second kappa shape index (κ2) is 9.61. The standard InChI is InChI=1S/C25H29F3N4O4/c1-24(2)17-7-5-4-6-15(17)12-20(24)30-16-8-9-18(29-13-16)21(25(26,27)28)31(3)22(33)19-14-32(23(34)35)10-11-36-19/h4-9,13,19-21,30H,10-12,14H2,1-3H3,(H,34,35)/t19?,20?,21-/m0/s1. The fraction of sp³-hybridized carbons (Fsp3) is 0.480. The number of morpholine rings is 1. The van der Waals surface area contributed by atoms with E-state index in [9.17, 15) is 22.8 Å². The van der Waals surface area contributed by atoms with E-state index in [4.69, 9.17) is 9.84 Å². The lowest BCUT2D eigenvalue weighted by atomic mass is 9.83. The number of aromatic nitrogens is 1. The highest BCUT2D eigenvalue weighted by molar-refractivity contribution is 5.82. The Hall–Kier alpha value is -3.34. The van der Waals surface area contributed by atoms with Crippen molar-refractivity contribution in [1.29, 1.82) is 0 Å². The summed E-state index contributed by atoms with van der Waals surface area (Å²) in [7, 11) is 1.02. The van der Waals surface area contributed by atoms with Gasteiger partial charge < -0.3 is 25.0 Å². The van der Waals surface area contributed by atoms with E-state index in [0.717, 1.165) is 18.4 Å². The molecule has 0 saturated carbocycles. The normalized spacial score (nSPS) is 22.0. The maximum absolute atomic E-state index is 14.1. The van der Waals surface area contributed by atoms with Gasteiger partial charge in [-0.1, -0.05) is 38.1 Å². The number of carboxylic acid groups (broad SMARTS) is 1. The molecule has 36 heavy (non-hydrogen) atoms. The monoisotopic (exact) mass is 506 g/mol. The van der Waals surface area contributed by atoms with E-state index in [0.29, 0.717) is 10.6 Å². The molecule has 0 bridgehead atoms. The molecule has 1 aromatic carbocycles. The van der Waals surface area contributed by atoms with Crippen LogP contribution < -0.4 is 5.32 Å². The summed E-state index contributed by atoms with van der Waals surface area (Å²) in [5.41, 5.74) is 2.51. The minimum absolute atomic E-state index is 0.0332. The van der Waals surface area contributed by atoms with Gasteiger partial charge in [0.1, 0.15) is 0 Å². The molecule has 0 radical (unpaired) electrons. The third-order valence-electron chi connectivity index (χ3n) is 7.07. The van der Waals surface area contributed by atoms with Crippen LogP contribution in [-0.4, -0.2) is 77.0 Å². The first-order valence-electron chi connectivity index (χ1n) is 11.6. The molecule has 1 aliphatic carbocycles. The van der Waals surface area contributed by atoms with Gasteiger partial charge in [0, 0.05) is 25.0 Å². The van der Waals surface area contributed by atoms with Crippen molar-refractivity contribution in [3.63, 3.8) is 0 Å². The minimum atomic E-state index is -4.80. The van der Waals surface area contributed by atoms with Crippen LogP contribution >= 0.6 is 0 Å². The fourth-order valence-corrected chi connectivity index (χ4v) is 4.99. The number of nitrogens with zero attached hydrogens (tertiary/aromatic N) is 3. The minimum Gasteiger partial charge on any atom is -0.465 e. The van der Waals surface area contributed by atoms with Gasteiger partial charge >= 0.3 is 12.3 Å². The number of pyridine rings is 1. The lowest BCUT2D eigenvalue weighted by Crippen LogP contribution is -2.53. The van der Waals surface area contributed by atoms with Gasteiger partial charge in [-0.25, -0.2) is 4.79 Å². The van der Waals surface area contributed by atoms with E-state index in [1.807, 2.05) is 12.1 Å². The van der Waals surface area contributed by atoms with Crippen LogP contribution in [0.1, 0.15) is 36.7 Å². The summed E-state index contributed by atoms with van der Waals surface area (Å²) < 4.78 is 47.5. The van der Waals surface area contributed by atoms with Gasteiger partial charge in [0.05, 0.1) is 30.7 Å². The molecule has 2 aromatic rings. The van der Waals surface area contributed by atoms with E-state index < -0.39 is 30.3 Å². The van der Waals surface area contributed by atoms with Crippen molar-refractivity contribution in [2.75, 3.05) is 32.1 Å². The number of halogens is 3. The van der Waals surface area contributed by atoms with Crippen LogP contribution in [0.3, 0.4) is 0 Å². The summed E-state index contributed by atoms with van der Waals surface area (Å²) >= 11 is 0. The van der Waals surface area contributed by atoms with E-state index in [2.05, 4.69) is 36.3 Å². The fourth-order valence-electron chi connectivity index (χ4n) is 4.99. The first-order chi connectivity index (χ1) is 16.9. The molecule has 2 unspecified atom stereocenters. The molecule has 1 fully saturated rings. The van der Waals surface area contributed by atoms with Crippen molar-refractivity contribution in [3.8, 4) is 0 Å². The van der Waals surface area contributed by atoms with Crippen LogP contribution in [0, 0.1) is 0 Å². The van der Waals surface area contributed by atoms with E-state index in [1.54, 1.807) is 0 Å². The number of alkyl halides is 3. The number of benzene rings is 1. The maximum atomic E-state index is 14.1. The largest absolute Gasteiger partial charge is 0.465 e. The molecule has 1 aromatic heterocycles. The number of hydrogen-bond acceptors (Lipinski definition) is 5. The Kier molecular flexibility index (Phi) is 6.87. The van der Waals surface area contributed by atoms with Gasteiger partial charge in [0.15, 0.2) is 12.1 Å². The summed E-state index contributed by atoms with van der Waals surface area (Å²) in [6, 6.07) is 8.65. The van der Waals surface area contributed by atoms with Crippen LogP contribution in [0.5, 0.6) is 0 Å². The molecule has 2 heterocycles. The van der Waals surface area contributed by atoms with Crippen molar-refractivity contribution >= 4 is 17.7 Å². The number of amides is 2. The van der Waals surface area contributed by atoms with Gasteiger partial charge in [-0.05, 0) is 29.7 Å². The van der Waals surface area contributed by atoms with Crippen molar-refractivity contribution in [2.24, 2.45) is 0 Å². The summed E-state index contributed by atoms with van der Waals surface area (Å²) in [6.07, 6.45) is -5.26. The van der Waals surface area contributed by atoms with Crippen molar-refractivity contribution in [3.05, 3.63) is 59.4 Å². The third kappa shape index (κ3) is 4.97. The molecule has 194 valence electrons. The molecule has 1 saturated heterocycles. The average molecular weight is 507 g/mol. The number of fused-ring (bicyclic) bond motifs is 1. The lowest BCUT2D eigenvalue weighted by molar-refractivity contribution is -0.195. The van der Waals surface area contributed by atoms with Gasteiger partial charge in [-0.2, -0.15) is 13.2 Å². The zero-order valence-corrected chi connectivity index (χ0v) is 20.2. The number of carbonyl (C=O) groups is 2. The Balaban J connectivity index is 1.50. The Morgan fingerprint density at radius 1 is 1.25 bits per heavy atom. The molecule has 3 atom stereocenters. The van der Waals surface area contributed by atoms with E-state index in [-0.39, 0.29) is 36.8 Å². The van der Waals surface area contributed by atoms with Gasteiger partial charge in [0.25, 0.3) is 5.91 Å². The number of hydrogen-bond donors (Lipinski definition) is 2. The third-order valence-corrected chi connectivity index (χ3v) is 7.07. The van der Waals surface area contributed by atoms with Crippen LogP contribution in [0.4, 0.5) is 23.7 Å². The first-order valence-corrected chi connectivity index (χ1v) is 11.6. The quantitative estimate of drug-likeness (QED) is 0.640. The van der Waals surface area contributed by atoms with Gasteiger partial charge in [0.2, 0.25) is 0 Å². The van der Waals surface area contributed by atoms with Gasteiger partial charge in [-0.15, -0.1) is 0 Å². The molecule has 2 amide bonds. The lowest BCUT2D eigenvalue weighted by Gasteiger charge is -2.35. The maximum Gasteiger partial charge on any atom is 0.414 e. The molecule has 4 rings (SSSR count). The van der Waals surface area contributed by atoms with Crippen molar-refractivity contribution in [1.82, 2.24) is 14.8 Å². The second-order valence-corrected chi connectivity index (χ2v) is 9.73. The summed E-state index contributed by atoms with van der Waals surface area (Å²) in [5, 5.41) is 12.6. The SMILES string of the molecule is CN(C(=O)C1CN(C(=O)O)CCO1)[C@@H](c1ccc(NC2Cc3ccccc3C2(C)C)cn1)C(F)(F)F. The van der Waals surface area contributed by atoms with Crippen LogP contribution in [0.25, 0.3) is 0 Å². The van der Waals surface area contributed by atoms with Crippen LogP contribution in [0.2, 0.25) is 0 Å². The van der Waals surface area contributed by atoms with Crippen molar-refractivity contribution in [2.45, 2.75) is 50.0 Å². The molecule has 2 N–H and O–H groups in total. The Bertz CT molecular complexity index is 1120. The topological polar surface area (TPSA) is 95.0 Å². The van der Waals surface area contributed by atoms with Gasteiger partial charge in [-0.3, -0.25) is 9.78 Å². The molecule has 2 aliphatic rings. The zero-order valence-electron chi connectivity index (χ0n) is 20.2. The number of anilines is 1. The number of nitrogens with one attached hydrogen (secondary N) is 1. The summed E-state index contributed by atoms with van der Waals surface area (Å²) in [6.45, 7) is 3.88. The Labute approximate surface area is 207 Å². The highest BCUT2D eigenvalue weighted by Crippen LogP contribution is 2.40. The van der Waals surface area contributed by atoms with Crippen molar-refractivity contribution < 1.29 is 32.6 Å². The number of carbonyl (C=O) groups excluding carboxylic acids is 1. The zero-order chi connectivity index (χ0) is 26.3. The molecular formula is C25H29F3N4O4. The van der Waals surface area contributed by atoms with Crippen LogP contribution in [-0.2, 0) is 21.4 Å². The predicted octanol–water partition coefficient (Wildman–Crippen LogP) is 3.84. The molecule has 8 nitrogen and oxygen atoms in total. The molecule has 0 spiro atoms. The highest BCUT2D eigenvalue weighted by atomic mass is 19.4. The number of likely N-dealkylation sites (N-methyl/N-ethyl adjacent to an activating group) is 1. The van der Waals surface area contributed by atoms with Crippen LogP contribution in [0.15, 0.2) is 42.6 Å².